The van der Waals surface area contributed by atoms with Crippen LogP contribution < -0.4 is 0 Å². The number of allylic oxidation sites excluding steroid dienone is 2. The molecule has 0 aliphatic rings. The molecule has 1 nitrogen and oxygen atoms in total. The van der Waals surface area contributed by atoms with Gasteiger partial charge in [-0.25, -0.2) is 0 Å². The fourth-order valence-corrected chi connectivity index (χ4v) is 1.10. The molecule has 13 heavy (non-hydrogen) atoms. The summed E-state index contributed by atoms with van der Waals surface area (Å²) in [6, 6.07) is 0. The Morgan fingerprint density at radius 2 is 1.92 bits per heavy atom. The second kappa shape index (κ2) is 6.64. The lowest BCUT2D eigenvalue weighted by molar-refractivity contribution is 0.856. The largest absolute Gasteiger partial charge is 0.265 e. The average Bonchev–Trinajstić information content (AvgIpc) is 2.12. The summed E-state index contributed by atoms with van der Waals surface area (Å²) in [6.07, 6.45) is 5.84. The molecule has 74 valence electrons. The van der Waals surface area contributed by atoms with E-state index < -0.39 is 0 Å². The van der Waals surface area contributed by atoms with E-state index in [9.17, 15) is 0 Å². The lowest BCUT2D eigenvalue weighted by Crippen LogP contribution is -2.04. The van der Waals surface area contributed by atoms with E-state index in [1.165, 1.54) is 11.3 Å². The zero-order valence-electron chi connectivity index (χ0n) is 9.30. The van der Waals surface area contributed by atoms with Gasteiger partial charge in [-0.2, -0.15) is 0 Å². The standard InChI is InChI=1S/C12H21N/c1-6-11(7-2)9-13-12(8-3)10(4)5/h6,9-10H,1,7-8H2,2-5H3/b11-9+,13-12+. The van der Waals surface area contributed by atoms with Crippen LogP contribution in [0.1, 0.15) is 40.5 Å². The summed E-state index contributed by atoms with van der Waals surface area (Å²) in [5, 5.41) is 0. The summed E-state index contributed by atoms with van der Waals surface area (Å²) in [7, 11) is 0. The quantitative estimate of drug-likeness (QED) is 0.447. The Kier molecular flexibility index (Phi) is 6.21. The van der Waals surface area contributed by atoms with Crippen molar-refractivity contribution in [1.29, 1.82) is 0 Å². The van der Waals surface area contributed by atoms with Crippen LogP contribution in [0.5, 0.6) is 0 Å². The molecule has 0 aliphatic heterocycles. The number of hydrogen-bond donors (Lipinski definition) is 0. The summed E-state index contributed by atoms with van der Waals surface area (Å²) < 4.78 is 0. The molecule has 0 atom stereocenters. The first-order valence-electron chi connectivity index (χ1n) is 5.03. The highest BCUT2D eigenvalue weighted by molar-refractivity contribution is 5.86. The van der Waals surface area contributed by atoms with Gasteiger partial charge in [0.2, 0.25) is 0 Å². The maximum atomic E-state index is 4.47. The molecule has 1 heteroatoms. The van der Waals surface area contributed by atoms with Crippen molar-refractivity contribution >= 4 is 5.71 Å². The second-order valence-corrected chi connectivity index (χ2v) is 3.39. The lowest BCUT2D eigenvalue weighted by Gasteiger charge is -2.05. The molecular formula is C12H21N. The smallest absolute Gasteiger partial charge is 0.0299 e. The zero-order chi connectivity index (χ0) is 10.3. The van der Waals surface area contributed by atoms with E-state index in [1.54, 1.807) is 0 Å². The highest BCUT2D eigenvalue weighted by Crippen LogP contribution is 2.05. The number of hydrogen-bond acceptors (Lipinski definition) is 1. The lowest BCUT2D eigenvalue weighted by atomic mass is 10.1. The molecule has 0 aromatic carbocycles. The minimum absolute atomic E-state index is 0.546. The van der Waals surface area contributed by atoms with Crippen LogP contribution in [-0.4, -0.2) is 5.71 Å². The number of nitrogens with zero attached hydrogens (tertiary/aromatic N) is 1. The first-order chi connectivity index (χ1) is 6.15. The Labute approximate surface area is 82.3 Å². The SMILES string of the molecule is C=C/C(=C\N=C(/CC)C(C)C)CC. The average molecular weight is 179 g/mol. The first kappa shape index (κ1) is 12.2. The predicted octanol–water partition coefficient (Wildman–Crippen LogP) is 3.97. The first-order valence-corrected chi connectivity index (χ1v) is 5.03. The number of aliphatic imine (C=N–C) groups is 1. The fourth-order valence-electron chi connectivity index (χ4n) is 1.10. The van der Waals surface area contributed by atoms with Crippen LogP contribution in [-0.2, 0) is 0 Å². The molecule has 0 saturated heterocycles. The van der Waals surface area contributed by atoms with Gasteiger partial charge in [-0.05, 0) is 24.3 Å². The van der Waals surface area contributed by atoms with E-state index in [2.05, 4.69) is 39.3 Å². The monoisotopic (exact) mass is 179 g/mol. The Morgan fingerprint density at radius 1 is 1.31 bits per heavy atom. The van der Waals surface area contributed by atoms with E-state index in [0.29, 0.717) is 5.92 Å². The third kappa shape index (κ3) is 4.66. The summed E-state index contributed by atoms with van der Waals surface area (Å²) in [4.78, 5) is 4.47. The summed E-state index contributed by atoms with van der Waals surface area (Å²) >= 11 is 0. The minimum Gasteiger partial charge on any atom is -0.265 e. The van der Waals surface area contributed by atoms with Gasteiger partial charge in [0.1, 0.15) is 0 Å². The van der Waals surface area contributed by atoms with Gasteiger partial charge in [0.25, 0.3) is 0 Å². The van der Waals surface area contributed by atoms with Gasteiger partial charge < -0.3 is 0 Å². The molecule has 0 N–H and O–H groups in total. The van der Waals surface area contributed by atoms with Gasteiger partial charge in [0.15, 0.2) is 0 Å². The molecule has 0 unspecified atom stereocenters. The summed E-state index contributed by atoms with van der Waals surface area (Å²) in [6.45, 7) is 12.4. The molecule has 0 amide bonds. The summed E-state index contributed by atoms with van der Waals surface area (Å²) in [5.41, 5.74) is 2.46. The van der Waals surface area contributed by atoms with E-state index in [1.807, 2.05) is 12.3 Å². The van der Waals surface area contributed by atoms with E-state index in [0.717, 1.165) is 12.8 Å². The van der Waals surface area contributed by atoms with Gasteiger partial charge in [-0.1, -0.05) is 40.3 Å². The topological polar surface area (TPSA) is 12.4 Å². The van der Waals surface area contributed by atoms with Crippen LogP contribution in [0.2, 0.25) is 0 Å². The van der Waals surface area contributed by atoms with E-state index in [4.69, 9.17) is 0 Å². The molecular weight excluding hydrogens is 158 g/mol. The normalized spacial score (nSPS) is 13.6. The van der Waals surface area contributed by atoms with Crippen LogP contribution >= 0.6 is 0 Å². The van der Waals surface area contributed by atoms with Crippen LogP contribution in [0.15, 0.2) is 29.4 Å². The van der Waals surface area contributed by atoms with E-state index in [-0.39, 0.29) is 0 Å². The van der Waals surface area contributed by atoms with Crippen molar-refractivity contribution < 1.29 is 0 Å². The van der Waals surface area contributed by atoms with Crippen molar-refractivity contribution in [3.8, 4) is 0 Å². The van der Waals surface area contributed by atoms with Crippen LogP contribution in [0, 0.1) is 5.92 Å². The zero-order valence-corrected chi connectivity index (χ0v) is 9.30. The highest BCUT2D eigenvalue weighted by atomic mass is 14.7. The molecule has 0 spiro atoms. The van der Waals surface area contributed by atoms with Crippen LogP contribution in [0.4, 0.5) is 0 Å². The third-order valence-electron chi connectivity index (χ3n) is 2.10. The maximum Gasteiger partial charge on any atom is 0.0299 e. The van der Waals surface area contributed by atoms with Gasteiger partial charge in [0.05, 0.1) is 0 Å². The Morgan fingerprint density at radius 3 is 2.23 bits per heavy atom. The highest BCUT2D eigenvalue weighted by Gasteiger charge is 2.00. The predicted molar refractivity (Wildman–Crippen MR) is 61.1 cm³/mol. The molecule has 0 aromatic heterocycles. The van der Waals surface area contributed by atoms with Crippen molar-refractivity contribution in [1.82, 2.24) is 0 Å². The van der Waals surface area contributed by atoms with Crippen molar-refractivity contribution in [3.63, 3.8) is 0 Å². The van der Waals surface area contributed by atoms with Crippen molar-refractivity contribution in [3.05, 3.63) is 24.4 Å². The molecule has 0 bridgehead atoms. The fraction of sp³-hybridized carbons (Fsp3) is 0.583. The molecule has 0 saturated carbocycles. The van der Waals surface area contributed by atoms with Crippen molar-refractivity contribution in [2.75, 3.05) is 0 Å². The van der Waals surface area contributed by atoms with Gasteiger partial charge in [-0.3, -0.25) is 4.99 Å². The van der Waals surface area contributed by atoms with Gasteiger partial charge in [-0.15, -0.1) is 0 Å². The Balaban J connectivity index is 4.51. The maximum absolute atomic E-state index is 4.47. The molecule has 0 rings (SSSR count). The van der Waals surface area contributed by atoms with E-state index >= 15 is 0 Å². The minimum atomic E-state index is 0.546. The molecule has 0 radical (unpaired) electrons. The van der Waals surface area contributed by atoms with Crippen molar-refractivity contribution in [2.45, 2.75) is 40.5 Å². The summed E-state index contributed by atoms with van der Waals surface area (Å²) in [5.74, 6) is 0.546. The molecule has 0 aliphatic carbocycles. The molecule has 0 aromatic rings. The third-order valence-corrected chi connectivity index (χ3v) is 2.10. The number of rotatable bonds is 5. The van der Waals surface area contributed by atoms with Crippen molar-refractivity contribution in [2.24, 2.45) is 10.9 Å². The molecule has 0 heterocycles. The molecule has 0 fully saturated rings. The van der Waals surface area contributed by atoms with Gasteiger partial charge >= 0.3 is 0 Å². The second-order valence-electron chi connectivity index (χ2n) is 3.39. The van der Waals surface area contributed by atoms with Gasteiger partial charge in [0, 0.05) is 11.9 Å². The van der Waals surface area contributed by atoms with Crippen LogP contribution in [0.3, 0.4) is 0 Å². The Bertz CT molecular complexity index is 209. The van der Waals surface area contributed by atoms with Crippen LogP contribution in [0.25, 0.3) is 0 Å². The Hall–Kier alpha value is -0.850.